The van der Waals surface area contributed by atoms with Crippen LogP contribution in [-0.2, 0) is 15.1 Å². The lowest BCUT2D eigenvalue weighted by atomic mass is 9.81. The zero-order valence-corrected chi connectivity index (χ0v) is 30.2. The van der Waals surface area contributed by atoms with E-state index in [4.69, 9.17) is 28.2 Å². The van der Waals surface area contributed by atoms with Gasteiger partial charge in [-0.3, -0.25) is 14.5 Å². The van der Waals surface area contributed by atoms with Gasteiger partial charge in [0, 0.05) is 60.6 Å². The number of aliphatic hydroxyl groups excluding tert-OH is 1. The Kier molecular flexibility index (Phi) is 10.0. The van der Waals surface area contributed by atoms with Crippen molar-refractivity contribution in [3.05, 3.63) is 80.3 Å². The number of rotatable bonds is 8. The molecule has 1 N–H and O–H groups in total. The number of fused-ring (bicyclic) bond motifs is 1. The summed E-state index contributed by atoms with van der Waals surface area (Å²) in [4.78, 5) is 43.2. The van der Waals surface area contributed by atoms with E-state index in [0.717, 1.165) is 47.9 Å². The minimum Gasteiger partial charge on any atom is -0.396 e. The molecule has 0 aliphatic carbocycles. The molecule has 6 rings (SSSR count). The number of carbonyl (C=O) groups is 2. The number of piperazine rings is 1. The van der Waals surface area contributed by atoms with Crippen LogP contribution in [0, 0.1) is 5.92 Å². The molecule has 8 nitrogen and oxygen atoms in total. The van der Waals surface area contributed by atoms with Crippen LogP contribution in [0.4, 0.5) is 0 Å². The number of hydrogen-bond acceptors (Lipinski definition) is 7. The third-order valence-electron chi connectivity index (χ3n) is 10.2. The van der Waals surface area contributed by atoms with E-state index < -0.39 is 11.6 Å². The smallest absolute Gasteiger partial charge is 0.263 e. The number of hydrogen-bond donors (Lipinski definition) is 1. The molecule has 5 atom stereocenters. The zero-order chi connectivity index (χ0) is 33.6. The number of allylic oxidation sites excluding steroid dienone is 1. The number of likely N-dealkylation sites (tertiary alicyclic amines) is 1. The molecular formula is C36H45Cl2N5O3S. The van der Waals surface area contributed by atoms with E-state index >= 15 is 0 Å². The van der Waals surface area contributed by atoms with Gasteiger partial charge in [0.15, 0.2) is 5.17 Å². The summed E-state index contributed by atoms with van der Waals surface area (Å²) < 4.78 is 0. The van der Waals surface area contributed by atoms with Crippen molar-refractivity contribution in [3.63, 3.8) is 0 Å². The van der Waals surface area contributed by atoms with Crippen molar-refractivity contribution < 1.29 is 14.7 Å². The molecule has 2 aromatic rings. The second-order valence-electron chi connectivity index (χ2n) is 13.7. The second kappa shape index (κ2) is 13.7. The highest BCUT2D eigenvalue weighted by Gasteiger charge is 2.54. The number of thioether (sulfide) groups is 1. The Hall–Kier alpha value is -2.56. The van der Waals surface area contributed by atoms with Gasteiger partial charge >= 0.3 is 0 Å². The lowest BCUT2D eigenvalue weighted by Crippen LogP contribution is -2.58. The van der Waals surface area contributed by atoms with Crippen LogP contribution in [0.25, 0.3) is 0 Å². The molecule has 0 spiro atoms. The molecule has 2 saturated heterocycles. The molecule has 11 heteroatoms. The summed E-state index contributed by atoms with van der Waals surface area (Å²) in [5.41, 5.74) is 2.37. The van der Waals surface area contributed by atoms with E-state index in [2.05, 4.69) is 44.4 Å². The van der Waals surface area contributed by atoms with Crippen molar-refractivity contribution in [2.24, 2.45) is 10.9 Å². The van der Waals surface area contributed by atoms with Gasteiger partial charge in [0.2, 0.25) is 5.91 Å². The molecule has 252 valence electrons. The first-order valence-electron chi connectivity index (χ1n) is 16.7. The van der Waals surface area contributed by atoms with Crippen molar-refractivity contribution in [2.75, 3.05) is 32.8 Å². The zero-order valence-electron chi connectivity index (χ0n) is 27.8. The van der Waals surface area contributed by atoms with Gasteiger partial charge in [0.1, 0.15) is 16.5 Å². The summed E-state index contributed by atoms with van der Waals surface area (Å²) in [6.07, 6.45) is 2.17. The number of halogens is 2. The van der Waals surface area contributed by atoms with Gasteiger partial charge < -0.3 is 19.8 Å². The Labute approximate surface area is 292 Å². The largest absolute Gasteiger partial charge is 0.396 e. The SMILES string of the molecule is CC(C)C1=C(C(=O)N2[C@H](C)CC[C@H]2C(=O)N2CCN(CCCO)[C@@H](C)C2)SC2=N[C@@](C)(c3ccc(Cl)cc3)[C@@H](c3ccc(Cl)cc3)N21. The van der Waals surface area contributed by atoms with Crippen molar-refractivity contribution in [2.45, 2.75) is 83.6 Å². The highest BCUT2D eigenvalue weighted by atomic mass is 35.5. The maximum atomic E-state index is 14.7. The van der Waals surface area contributed by atoms with Crippen LogP contribution in [0.3, 0.4) is 0 Å². The van der Waals surface area contributed by atoms with Crippen LogP contribution in [-0.4, -0.2) is 92.6 Å². The highest BCUT2D eigenvalue weighted by molar-refractivity contribution is 8.18. The molecule has 2 amide bonds. The van der Waals surface area contributed by atoms with Crippen molar-refractivity contribution >= 4 is 51.9 Å². The van der Waals surface area contributed by atoms with Crippen LogP contribution >= 0.6 is 35.0 Å². The van der Waals surface area contributed by atoms with E-state index in [0.29, 0.717) is 34.5 Å². The minimum absolute atomic E-state index is 0.0245. The number of carbonyl (C=O) groups excluding carboxylic acids is 2. The standard InChI is InChI=1S/C36H45Cl2N5O3S/c1-22(2)30-31(34(46)42-23(3)7-16-29(42)33(45)41-19-18-40(17-6-20-44)24(4)21-41)47-35-39-36(5,26-10-14-28(38)15-11-26)32(43(30)35)25-8-12-27(37)13-9-25/h8-15,22-24,29,32,44H,6-7,16-21H2,1-5H3/t23-,24+,29+,32-,36+/m1/s1. The van der Waals surface area contributed by atoms with E-state index in [1.54, 1.807) is 0 Å². The minimum atomic E-state index is -0.648. The molecule has 0 aromatic heterocycles. The first kappa shape index (κ1) is 34.3. The first-order valence-corrected chi connectivity index (χ1v) is 18.3. The molecule has 4 heterocycles. The topological polar surface area (TPSA) is 79.7 Å². The molecule has 2 aromatic carbocycles. The fraction of sp³-hybridized carbons (Fsp3) is 0.528. The van der Waals surface area contributed by atoms with Gasteiger partial charge in [-0.1, -0.05) is 61.3 Å². The van der Waals surface area contributed by atoms with E-state index in [9.17, 15) is 14.7 Å². The van der Waals surface area contributed by atoms with Crippen molar-refractivity contribution in [1.29, 1.82) is 0 Å². The number of nitrogens with zero attached hydrogens (tertiary/aromatic N) is 5. The second-order valence-corrected chi connectivity index (χ2v) is 15.6. The summed E-state index contributed by atoms with van der Waals surface area (Å²) in [7, 11) is 0. The highest BCUT2D eigenvalue weighted by Crippen LogP contribution is 2.56. The molecule has 0 radical (unpaired) electrons. The Morgan fingerprint density at radius 2 is 1.66 bits per heavy atom. The van der Waals surface area contributed by atoms with Crippen LogP contribution < -0.4 is 0 Å². The molecule has 0 unspecified atom stereocenters. The van der Waals surface area contributed by atoms with Crippen molar-refractivity contribution in [3.8, 4) is 0 Å². The molecule has 0 saturated carbocycles. The van der Waals surface area contributed by atoms with Gasteiger partial charge in [-0.05, 0) is 93.1 Å². The predicted octanol–water partition coefficient (Wildman–Crippen LogP) is 6.53. The normalized spacial score (nSPS) is 28.0. The summed E-state index contributed by atoms with van der Waals surface area (Å²) in [5, 5.41) is 11.4. The van der Waals surface area contributed by atoms with E-state index in [1.165, 1.54) is 11.8 Å². The molecule has 2 fully saturated rings. The molecule has 4 aliphatic heterocycles. The maximum Gasteiger partial charge on any atom is 0.263 e. The van der Waals surface area contributed by atoms with Gasteiger partial charge in [-0.2, -0.15) is 0 Å². The van der Waals surface area contributed by atoms with Gasteiger partial charge in [-0.15, -0.1) is 0 Å². The Bertz CT molecular complexity index is 1570. The maximum absolute atomic E-state index is 14.7. The molecule has 47 heavy (non-hydrogen) atoms. The monoisotopic (exact) mass is 697 g/mol. The van der Waals surface area contributed by atoms with Gasteiger partial charge in [-0.25, -0.2) is 4.99 Å². The van der Waals surface area contributed by atoms with Gasteiger partial charge in [0.25, 0.3) is 5.91 Å². The molecular weight excluding hydrogens is 653 g/mol. The van der Waals surface area contributed by atoms with Crippen LogP contribution in [0.2, 0.25) is 10.0 Å². The number of aliphatic imine (C=N–C) groups is 1. The summed E-state index contributed by atoms with van der Waals surface area (Å²) in [6.45, 7) is 13.6. The number of benzene rings is 2. The fourth-order valence-electron chi connectivity index (χ4n) is 7.76. The first-order chi connectivity index (χ1) is 22.4. The summed E-state index contributed by atoms with van der Waals surface area (Å²) >= 11 is 14.1. The Morgan fingerprint density at radius 1 is 1.00 bits per heavy atom. The molecule has 4 aliphatic rings. The summed E-state index contributed by atoms with van der Waals surface area (Å²) in [6, 6.07) is 15.2. The van der Waals surface area contributed by atoms with Crippen molar-refractivity contribution in [1.82, 2.24) is 19.6 Å². The molecule has 0 bridgehead atoms. The van der Waals surface area contributed by atoms with E-state index in [-0.39, 0.29) is 42.5 Å². The third kappa shape index (κ3) is 6.34. The lowest BCUT2D eigenvalue weighted by Gasteiger charge is -2.42. The average Bonchev–Trinajstić information content (AvgIpc) is 3.70. The van der Waals surface area contributed by atoms with Crippen LogP contribution in [0.5, 0.6) is 0 Å². The van der Waals surface area contributed by atoms with E-state index in [1.807, 2.05) is 58.3 Å². The van der Waals surface area contributed by atoms with Crippen LogP contribution in [0.1, 0.15) is 71.0 Å². The van der Waals surface area contributed by atoms with Gasteiger partial charge in [0.05, 0.1) is 6.04 Å². The summed E-state index contributed by atoms with van der Waals surface area (Å²) in [5.74, 6) is -0.0218. The quantitative estimate of drug-likeness (QED) is 0.338. The number of aliphatic hydroxyl groups is 1. The number of amides is 2. The third-order valence-corrected chi connectivity index (χ3v) is 11.8. The van der Waals surface area contributed by atoms with Crippen LogP contribution in [0.15, 0.2) is 64.1 Å². The average molecular weight is 699 g/mol. The number of amidine groups is 1. The lowest BCUT2D eigenvalue weighted by molar-refractivity contribution is -0.145. The fourth-order valence-corrected chi connectivity index (χ4v) is 9.37. The predicted molar refractivity (Wildman–Crippen MR) is 190 cm³/mol. The Balaban J connectivity index is 1.33. The Morgan fingerprint density at radius 3 is 2.28 bits per heavy atom.